The van der Waals surface area contributed by atoms with Gasteiger partial charge in [-0.05, 0) is 41.1 Å². The zero-order valence-electron chi connectivity index (χ0n) is 9.86. The lowest BCUT2D eigenvalue weighted by molar-refractivity contribution is -0.183. The number of benzene rings is 1. The van der Waals surface area contributed by atoms with Gasteiger partial charge < -0.3 is 18.9 Å². The van der Waals surface area contributed by atoms with Crippen LogP contribution in [0, 0.1) is 3.57 Å². The molecule has 1 aromatic carbocycles. The Bertz CT molecular complexity index is 388. The fourth-order valence-corrected chi connectivity index (χ4v) is 2.60. The first-order valence-corrected chi connectivity index (χ1v) is 6.48. The van der Waals surface area contributed by atoms with Crippen LogP contribution in [0.5, 0.6) is 11.5 Å². The predicted octanol–water partition coefficient (Wildman–Crippen LogP) is 2.74. The molecule has 2 rings (SSSR count). The molecular weight excluding hydrogens is 335 g/mol. The highest BCUT2D eigenvalue weighted by atomic mass is 127. The van der Waals surface area contributed by atoms with Crippen LogP contribution in [0.1, 0.15) is 18.3 Å². The van der Waals surface area contributed by atoms with Gasteiger partial charge in [0, 0.05) is 5.56 Å². The van der Waals surface area contributed by atoms with E-state index in [-0.39, 0.29) is 6.29 Å². The molecule has 17 heavy (non-hydrogen) atoms. The van der Waals surface area contributed by atoms with Crippen LogP contribution in [0.25, 0.3) is 0 Å². The van der Waals surface area contributed by atoms with Gasteiger partial charge in [0.1, 0.15) is 0 Å². The highest BCUT2D eigenvalue weighted by Crippen LogP contribution is 2.36. The molecule has 94 valence electrons. The van der Waals surface area contributed by atoms with Crippen LogP contribution in [0.3, 0.4) is 0 Å². The van der Waals surface area contributed by atoms with Crippen molar-refractivity contribution in [1.82, 2.24) is 0 Å². The van der Waals surface area contributed by atoms with Gasteiger partial charge in [-0.1, -0.05) is 0 Å². The van der Waals surface area contributed by atoms with E-state index in [0.29, 0.717) is 5.75 Å². The molecule has 0 bridgehead atoms. The third-order valence-corrected chi connectivity index (χ3v) is 3.36. The van der Waals surface area contributed by atoms with Crippen molar-refractivity contribution in [1.29, 1.82) is 0 Å². The van der Waals surface area contributed by atoms with Gasteiger partial charge in [-0.15, -0.1) is 0 Å². The van der Waals surface area contributed by atoms with Crippen LogP contribution >= 0.6 is 22.6 Å². The maximum absolute atomic E-state index is 5.57. The summed E-state index contributed by atoms with van der Waals surface area (Å²) < 4.78 is 22.7. The number of rotatable bonds is 3. The molecule has 1 aromatic rings. The average Bonchev–Trinajstić information content (AvgIpc) is 2.38. The lowest BCUT2D eigenvalue weighted by atomic mass is 10.2. The normalized spacial score (nSPS) is 16.9. The second kappa shape index (κ2) is 5.88. The predicted molar refractivity (Wildman–Crippen MR) is 71.5 cm³/mol. The number of hydrogen-bond donors (Lipinski definition) is 0. The molecular formula is C12H15IO4. The summed E-state index contributed by atoms with van der Waals surface area (Å²) in [6.45, 7) is 1.46. The first-order valence-electron chi connectivity index (χ1n) is 5.41. The SMILES string of the molecule is COc1cc(C2OCCCO2)cc(I)c1OC. The third kappa shape index (κ3) is 2.83. The molecule has 1 saturated heterocycles. The Morgan fingerprint density at radius 3 is 2.47 bits per heavy atom. The van der Waals surface area contributed by atoms with E-state index in [4.69, 9.17) is 18.9 Å². The van der Waals surface area contributed by atoms with Gasteiger partial charge in [-0.3, -0.25) is 0 Å². The Balaban J connectivity index is 2.31. The van der Waals surface area contributed by atoms with Gasteiger partial charge in [-0.2, -0.15) is 0 Å². The minimum atomic E-state index is -0.294. The second-order valence-electron chi connectivity index (χ2n) is 3.67. The smallest absolute Gasteiger partial charge is 0.183 e. The minimum Gasteiger partial charge on any atom is -0.493 e. The number of ether oxygens (including phenoxy) is 4. The molecule has 1 fully saturated rings. The molecule has 0 aromatic heterocycles. The average molecular weight is 350 g/mol. The summed E-state index contributed by atoms with van der Waals surface area (Å²) in [6.07, 6.45) is 0.651. The molecule has 0 spiro atoms. The highest BCUT2D eigenvalue weighted by molar-refractivity contribution is 14.1. The summed E-state index contributed by atoms with van der Waals surface area (Å²) in [6, 6.07) is 3.90. The largest absolute Gasteiger partial charge is 0.493 e. The van der Waals surface area contributed by atoms with Crippen molar-refractivity contribution >= 4 is 22.6 Å². The monoisotopic (exact) mass is 350 g/mol. The van der Waals surface area contributed by atoms with E-state index in [1.807, 2.05) is 12.1 Å². The molecule has 1 aliphatic heterocycles. The van der Waals surface area contributed by atoms with E-state index >= 15 is 0 Å². The van der Waals surface area contributed by atoms with Crippen LogP contribution in [-0.2, 0) is 9.47 Å². The zero-order chi connectivity index (χ0) is 12.3. The lowest BCUT2D eigenvalue weighted by Crippen LogP contribution is -2.18. The van der Waals surface area contributed by atoms with Crippen LogP contribution in [0.2, 0.25) is 0 Å². The van der Waals surface area contributed by atoms with Crippen molar-refractivity contribution in [2.45, 2.75) is 12.7 Å². The standard InChI is InChI=1S/C12H15IO4/c1-14-10-7-8(6-9(13)11(10)15-2)12-16-4-3-5-17-12/h6-7,12H,3-5H2,1-2H3. The highest BCUT2D eigenvalue weighted by Gasteiger charge is 2.20. The van der Waals surface area contributed by atoms with Gasteiger partial charge in [0.05, 0.1) is 31.0 Å². The Labute approximate surface area is 114 Å². The van der Waals surface area contributed by atoms with Gasteiger partial charge in [-0.25, -0.2) is 0 Å². The topological polar surface area (TPSA) is 36.9 Å². The van der Waals surface area contributed by atoms with Crippen LogP contribution in [0.15, 0.2) is 12.1 Å². The van der Waals surface area contributed by atoms with E-state index in [1.165, 1.54) is 0 Å². The third-order valence-electron chi connectivity index (χ3n) is 2.56. The van der Waals surface area contributed by atoms with Crippen LogP contribution in [0.4, 0.5) is 0 Å². The Morgan fingerprint density at radius 1 is 1.18 bits per heavy atom. The fraction of sp³-hybridized carbons (Fsp3) is 0.500. The summed E-state index contributed by atoms with van der Waals surface area (Å²) in [4.78, 5) is 0. The van der Waals surface area contributed by atoms with Crippen molar-refractivity contribution in [2.75, 3.05) is 27.4 Å². The van der Waals surface area contributed by atoms with Gasteiger partial charge >= 0.3 is 0 Å². The van der Waals surface area contributed by atoms with Crippen molar-refractivity contribution in [3.63, 3.8) is 0 Å². The lowest BCUT2D eigenvalue weighted by Gasteiger charge is -2.24. The number of halogens is 1. The number of hydrogen-bond acceptors (Lipinski definition) is 4. The van der Waals surface area contributed by atoms with Crippen molar-refractivity contribution in [3.05, 3.63) is 21.3 Å². The molecule has 0 atom stereocenters. The van der Waals surface area contributed by atoms with E-state index in [9.17, 15) is 0 Å². The molecule has 0 amide bonds. The van der Waals surface area contributed by atoms with Crippen LogP contribution < -0.4 is 9.47 Å². The van der Waals surface area contributed by atoms with Gasteiger partial charge in [0.2, 0.25) is 0 Å². The summed E-state index contributed by atoms with van der Waals surface area (Å²) in [5.41, 5.74) is 0.965. The quantitative estimate of drug-likeness (QED) is 0.786. The molecule has 0 saturated carbocycles. The molecule has 1 aliphatic rings. The van der Waals surface area contributed by atoms with E-state index in [1.54, 1.807) is 14.2 Å². The van der Waals surface area contributed by atoms with Gasteiger partial charge in [0.15, 0.2) is 17.8 Å². The molecule has 5 heteroatoms. The Hall–Kier alpha value is -0.530. The van der Waals surface area contributed by atoms with Crippen molar-refractivity contribution in [3.8, 4) is 11.5 Å². The fourth-order valence-electron chi connectivity index (χ4n) is 1.75. The van der Waals surface area contributed by atoms with E-state index < -0.39 is 0 Å². The zero-order valence-corrected chi connectivity index (χ0v) is 12.0. The first kappa shape index (κ1) is 12.9. The van der Waals surface area contributed by atoms with E-state index in [0.717, 1.165) is 34.5 Å². The Morgan fingerprint density at radius 2 is 1.88 bits per heavy atom. The maximum atomic E-state index is 5.57. The van der Waals surface area contributed by atoms with Crippen LogP contribution in [-0.4, -0.2) is 27.4 Å². The molecule has 0 aliphatic carbocycles. The van der Waals surface area contributed by atoms with E-state index in [2.05, 4.69) is 22.6 Å². The summed E-state index contributed by atoms with van der Waals surface area (Å²) in [7, 11) is 3.26. The van der Waals surface area contributed by atoms with Crippen molar-refractivity contribution in [2.24, 2.45) is 0 Å². The molecule has 1 heterocycles. The molecule has 0 radical (unpaired) electrons. The first-order chi connectivity index (χ1) is 8.26. The molecule has 0 N–H and O–H groups in total. The minimum absolute atomic E-state index is 0.294. The number of methoxy groups -OCH3 is 2. The summed E-state index contributed by atoms with van der Waals surface area (Å²) >= 11 is 2.21. The van der Waals surface area contributed by atoms with Gasteiger partial charge in [0.25, 0.3) is 0 Å². The second-order valence-corrected chi connectivity index (χ2v) is 4.83. The maximum Gasteiger partial charge on any atom is 0.183 e. The molecule has 0 unspecified atom stereocenters. The molecule has 4 nitrogen and oxygen atoms in total. The summed E-state index contributed by atoms with van der Waals surface area (Å²) in [5.74, 6) is 1.44. The van der Waals surface area contributed by atoms with Crippen molar-refractivity contribution < 1.29 is 18.9 Å². The summed E-state index contributed by atoms with van der Waals surface area (Å²) in [5, 5.41) is 0. The Kier molecular flexibility index (Phi) is 4.47.